The van der Waals surface area contributed by atoms with Crippen LogP contribution in [0.2, 0.25) is 0 Å². The SMILES string of the molecule is O=C(Nc1nc(CC(=O)N2CCC3(CC2)OCCO3)cs1)c1ccsc1. The molecule has 0 aliphatic carbocycles. The van der Waals surface area contributed by atoms with Crippen molar-refractivity contribution in [3.63, 3.8) is 0 Å². The molecular formula is C17H19N3O4S2. The Morgan fingerprint density at radius 2 is 2.00 bits per heavy atom. The lowest BCUT2D eigenvalue weighted by Crippen LogP contribution is -2.47. The van der Waals surface area contributed by atoms with Crippen LogP contribution < -0.4 is 5.32 Å². The third kappa shape index (κ3) is 3.80. The summed E-state index contributed by atoms with van der Waals surface area (Å²) in [6, 6.07) is 1.76. The van der Waals surface area contributed by atoms with E-state index < -0.39 is 5.79 Å². The molecule has 2 aromatic rings. The van der Waals surface area contributed by atoms with Crippen molar-refractivity contribution in [3.05, 3.63) is 33.5 Å². The number of hydrogen-bond donors (Lipinski definition) is 1. The number of carbonyl (C=O) groups is 2. The molecule has 1 N–H and O–H groups in total. The normalized spacial score (nSPS) is 19.0. The van der Waals surface area contributed by atoms with E-state index in [9.17, 15) is 9.59 Å². The third-order valence-corrected chi connectivity index (χ3v) is 6.07. The molecule has 138 valence electrons. The summed E-state index contributed by atoms with van der Waals surface area (Å²) in [6.45, 7) is 2.52. The van der Waals surface area contributed by atoms with Crippen LogP contribution in [0, 0.1) is 0 Å². The van der Waals surface area contributed by atoms with Gasteiger partial charge in [-0.05, 0) is 11.4 Å². The van der Waals surface area contributed by atoms with Gasteiger partial charge in [0.2, 0.25) is 5.91 Å². The summed E-state index contributed by atoms with van der Waals surface area (Å²) in [6.07, 6.45) is 1.65. The van der Waals surface area contributed by atoms with E-state index >= 15 is 0 Å². The number of aromatic nitrogens is 1. The molecule has 2 saturated heterocycles. The van der Waals surface area contributed by atoms with Gasteiger partial charge in [-0.2, -0.15) is 11.3 Å². The molecule has 0 atom stereocenters. The first-order valence-corrected chi connectivity index (χ1v) is 10.3. The molecule has 0 aromatic carbocycles. The fourth-order valence-electron chi connectivity index (χ4n) is 3.16. The second kappa shape index (κ2) is 7.43. The number of rotatable bonds is 4. The zero-order valence-corrected chi connectivity index (χ0v) is 15.7. The standard InChI is InChI=1S/C17H19N3O4S2/c21-14(20-4-2-17(3-5-20)23-6-7-24-17)9-13-11-26-16(18-13)19-15(22)12-1-8-25-10-12/h1,8,10-11H,2-7,9H2,(H,18,19,22). The fraction of sp³-hybridized carbons (Fsp3) is 0.471. The van der Waals surface area contributed by atoms with Crippen molar-refractivity contribution in [2.75, 3.05) is 31.6 Å². The fourth-order valence-corrected chi connectivity index (χ4v) is 4.50. The van der Waals surface area contributed by atoms with E-state index in [-0.39, 0.29) is 18.2 Å². The van der Waals surface area contributed by atoms with Gasteiger partial charge in [0, 0.05) is 36.7 Å². The van der Waals surface area contributed by atoms with Crippen LogP contribution in [0.25, 0.3) is 0 Å². The summed E-state index contributed by atoms with van der Waals surface area (Å²) in [7, 11) is 0. The van der Waals surface area contributed by atoms with Crippen LogP contribution in [0.1, 0.15) is 28.9 Å². The summed E-state index contributed by atoms with van der Waals surface area (Å²) in [5.74, 6) is -0.619. The van der Waals surface area contributed by atoms with Crippen molar-refractivity contribution >= 4 is 39.6 Å². The topological polar surface area (TPSA) is 80.8 Å². The Bertz CT molecular complexity index is 774. The molecule has 0 unspecified atom stereocenters. The average Bonchev–Trinajstić information content (AvgIpc) is 3.38. The minimum Gasteiger partial charge on any atom is -0.347 e. The maximum absolute atomic E-state index is 12.5. The molecule has 4 heterocycles. The van der Waals surface area contributed by atoms with Crippen molar-refractivity contribution in [2.24, 2.45) is 0 Å². The summed E-state index contributed by atoms with van der Waals surface area (Å²) >= 11 is 2.80. The van der Waals surface area contributed by atoms with E-state index in [0.29, 0.717) is 55.5 Å². The molecule has 2 amide bonds. The number of amides is 2. The van der Waals surface area contributed by atoms with Crippen molar-refractivity contribution in [1.29, 1.82) is 0 Å². The Kier molecular flexibility index (Phi) is 5.03. The molecule has 9 heteroatoms. The Balaban J connectivity index is 1.30. The molecule has 0 radical (unpaired) electrons. The lowest BCUT2D eigenvalue weighted by atomic mass is 10.0. The van der Waals surface area contributed by atoms with Crippen LogP contribution in [-0.4, -0.2) is 53.8 Å². The Labute approximate surface area is 158 Å². The van der Waals surface area contributed by atoms with Crippen LogP contribution in [0.3, 0.4) is 0 Å². The number of piperidine rings is 1. The average molecular weight is 393 g/mol. The van der Waals surface area contributed by atoms with Crippen molar-refractivity contribution in [1.82, 2.24) is 9.88 Å². The van der Waals surface area contributed by atoms with Crippen LogP contribution in [0.5, 0.6) is 0 Å². The number of nitrogens with one attached hydrogen (secondary N) is 1. The molecule has 2 aromatic heterocycles. The van der Waals surface area contributed by atoms with Gasteiger partial charge >= 0.3 is 0 Å². The Hall–Kier alpha value is -1.81. The number of anilines is 1. The molecule has 0 bridgehead atoms. The van der Waals surface area contributed by atoms with Gasteiger partial charge in [0.25, 0.3) is 5.91 Å². The maximum Gasteiger partial charge on any atom is 0.258 e. The molecule has 1 spiro atoms. The highest BCUT2D eigenvalue weighted by molar-refractivity contribution is 7.14. The second-order valence-electron chi connectivity index (χ2n) is 6.28. The maximum atomic E-state index is 12.5. The summed E-state index contributed by atoms with van der Waals surface area (Å²) in [5.41, 5.74) is 1.29. The van der Waals surface area contributed by atoms with Crippen LogP contribution in [-0.2, 0) is 20.7 Å². The molecular weight excluding hydrogens is 374 g/mol. The molecule has 2 aliphatic rings. The number of thiophene rings is 1. The highest BCUT2D eigenvalue weighted by atomic mass is 32.1. The van der Waals surface area contributed by atoms with E-state index in [1.165, 1.54) is 22.7 Å². The Morgan fingerprint density at radius 1 is 1.23 bits per heavy atom. The summed E-state index contributed by atoms with van der Waals surface area (Å²) < 4.78 is 11.4. The van der Waals surface area contributed by atoms with Crippen LogP contribution in [0.4, 0.5) is 5.13 Å². The van der Waals surface area contributed by atoms with Gasteiger partial charge in [-0.3, -0.25) is 14.9 Å². The first-order chi connectivity index (χ1) is 12.6. The molecule has 2 aliphatic heterocycles. The monoisotopic (exact) mass is 393 g/mol. The number of thiazole rings is 1. The minimum absolute atomic E-state index is 0.0406. The molecule has 2 fully saturated rings. The highest BCUT2D eigenvalue weighted by Gasteiger charge is 2.40. The van der Waals surface area contributed by atoms with Gasteiger partial charge < -0.3 is 14.4 Å². The quantitative estimate of drug-likeness (QED) is 0.863. The van der Waals surface area contributed by atoms with E-state index in [1.54, 1.807) is 11.4 Å². The molecule has 0 saturated carbocycles. The van der Waals surface area contributed by atoms with Crippen LogP contribution in [0.15, 0.2) is 22.2 Å². The van der Waals surface area contributed by atoms with E-state index in [4.69, 9.17) is 9.47 Å². The zero-order valence-electron chi connectivity index (χ0n) is 14.1. The minimum atomic E-state index is -0.476. The van der Waals surface area contributed by atoms with Gasteiger partial charge in [-0.15, -0.1) is 11.3 Å². The molecule has 26 heavy (non-hydrogen) atoms. The van der Waals surface area contributed by atoms with Crippen molar-refractivity contribution < 1.29 is 19.1 Å². The zero-order chi connectivity index (χ0) is 18.0. The number of hydrogen-bond acceptors (Lipinski definition) is 7. The smallest absolute Gasteiger partial charge is 0.258 e. The number of likely N-dealkylation sites (tertiary alicyclic amines) is 1. The van der Waals surface area contributed by atoms with Gasteiger partial charge in [0.15, 0.2) is 10.9 Å². The van der Waals surface area contributed by atoms with Gasteiger partial charge in [-0.1, -0.05) is 0 Å². The van der Waals surface area contributed by atoms with E-state index in [1.807, 2.05) is 15.7 Å². The lowest BCUT2D eigenvalue weighted by Gasteiger charge is -2.37. The van der Waals surface area contributed by atoms with Gasteiger partial charge in [-0.25, -0.2) is 4.98 Å². The lowest BCUT2D eigenvalue weighted by molar-refractivity contribution is -0.187. The van der Waals surface area contributed by atoms with E-state index in [2.05, 4.69) is 10.3 Å². The van der Waals surface area contributed by atoms with Crippen molar-refractivity contribution in [2.45, 2.75) is 25.0 Å². The first-order valence-electron chi connectivity index (χ1n) is 8.47. The Morgan fingerprint density at radius 3 is 2.69 bits per heavy atom. The predicted molar refractivity (Wildman–Crippen MR) is 98.5 cm³/mol. The van der Waals surface area contributed by atoms with Crippen molar-refractivity contribution in [3.8, 4) is 0 Å². The summed E-state index contributed by atoms with van der Waals surface area (Å²) in [4.78, 5) is 30.7. The van der Waals surface area contributed by atoms with Gasteiger partial charge in [0.05, 0.1) is 30.9 Å². The number of ether oxygens (including phenoxy) is 2. The third-order valence-electron chi connectivity index (χ3n) is 4.58. The van der Waals surface area contributed by atoms with E-state index in [0.717, 1.165) is 0 Å². The molecule has 4 rings (SSSR count). The van der Waals surface area contributed by atoms with Gasteiger partial charge in [0.1, 0.15) is 0 Å². The highest BCUT2D eigenvalue weighted by Crippen LogP contribution is 2.31. The largest absolute Gasteiger partial charge is 0.347 e. The first kappa shape index (κ1) is 17.6. The summed E-state index contributed by atoms with van der Waals surface area (Å²) in [5, 5.41) is 8.73. The number of nitrogens with zero attached hydrogens (tertiary/aromatic N) is 2. The second-order valence-corrected chi connectivity index (χ2v) is 7.91. The predicted octanol–water partition coefficient (Wildman–Crippen LogP) is 2.36. The number of carbonyl (C=O) groups excluding carboxylic acids is 2. The molecule has 7 nitrogen and oxygen atoms in total. The van der Waals surface area contributed by atoms with Crippen LogP contribution >= 0.6 is 22.7 Å².